The first kappa shape index (κ1) is 22.6. The van der Waals surface area contributed by atoms with Crippen molar-refractivity contribution in [1.29, 1.82) is 0 Å². The van der Waals surface area contributed by atoms with E-state index in [4.69, 9.17) is 19.2 Å². The van der Waals surface area contributed by atoms with Crippen molar-refractivity contribution in [3.05, 3.63) is 0 Å². The van der Waals surface area contributed by atoms with Crippen LogP contribution in [0.1, 0.15) is 2.85 Å². The van der Waals surface area contributed by atoms with Gasteiger partial charge >= 0.3 is 45.6 Å². The summed E-state index contributed by atoms with van der Waals surface area (Å²) in [5.41, 5.74) is 0. The van der Waals surface area contributed by atoms with Crippen molar-refractivity contribution in [3.63, 3.8) is 0 Å². The van der Waals surface area contributed by atoms with E-state index in [0.29, 0.717) is 0 Å². The Bertz CT molecular complexity index is 65.8. The molecule has 5 nitrogen and oxygen atoms in total. The normalized spacial score (nSPS) is 7.38. The molecule has 0 spiro atoms. The molecule has 8 heteroatoms. The number of rotatable bonds is 0. The van der Waals surface area contributed by atoms with Crippen LogP contribution in [-0.4, -0.2) is 57.9 Å². The third-order valence-electron chi connectivity index (χ3n) is 0. The van der Waals surface area contributed by atoms with E-state index in [1.165, 1.54) is 0 Å². The fourth-order valence-electron chi connectivity index (χ4n) is 0. The smallest absolute Gasteiger partial charge is 1.00 e. The number of hydrogen-bond donors (Lipinski definition) is 3. The minimum atomic E-state index is -4.64. The maximum atomic E-state index is 8.88. The van der Waals surface area contributed by atoms with Gasteiger partial charge in [0.25, 0.3) is 0 Å². The van der Waals surface area contributed by atoms with Crippen molar-refractivity contribution in [2.75, 3.05) is 0 Å². The first-order chi connectivity index (χ1) is 2.00. The number of hydrogen-bond acceptors (Lipinski definition) is 1. The van der Waals surface area contributed by atoms with Crippen molar-refractivity contribution in [2.24, 2.45) is 0 Å². The molecule has 0 saturated heterocycles. The summed E-state index contributed by atoms with van der Waals surface area (Å²) in [4.78, 5) is 21.6. The van der Waals surface area contributed by atoms with Gasteiger partial charge in [0.05, 0.1) is 0 Å². The standard InChI is InChI=1S/Ca.ClH.H3O4P.H2O.2H/c;;1-5(2,3)4;;;/h;1H;(H3,1,2,3,4);1H2;;/q+2;;;;2*-1. The average molecular weight is 195 g/mol. The maximum Gasteiger partial charge on any atom is 2.00 e. The van der Waals surface area contributed by atoms with E-state index >= 15 is 0 Å². The van der Waals surface area contributed by atoms with Gasteiger partial charge in [-0.25, -0.2) is 4.57 Å². The molecule has 0 aliphatic rings. The Labute approximate surface area is 85.0 Å². The van der Waals surface area contributed by atoms with Gasteiger partial charge in [0.1, 0.15) is 0 Å². The molecule has 5 N–H and O–H groups in total. The third kappa shape index (κ3) is 127. The zero-order valence-electron chi connectivity index (χ0n) is 5.81. The number of halogens is 1. The molecule has 0 aliphatic carbocycles. The summed E-state index contributed by atoms with van der Waals surface area (Å²) in [5, 5.41) is 0. The minimum absolute atomic E-state index is 0. The molecule has 0 atom stereocenters. The molecular weight excluding hydrogens is 186 g/mol. The zero-order chi connectivity index (χ0) is 4.50. The molecule has 0 unspecified atom stereocenters. The summed E-state index contributed by atoms with van der Waals surface area (Å²) in [7, 11) is -4.64. The number of phosphoric acid groups is 1. The van der Waals surface area contributed by atoms with E-state index in [1.54, 1.807) is 0 Å². The summed E-state index contributed by atoms with van der Waals surface area (Å²) in [5.74, 6) is 0. The van der Waals surface area contributed by atoms with Crippen molar-refractivity contribution in [1.82, 2.24) is 0 Å². The topological polar surface area (TPSA) is 109 Å². The van der Waals surface area contributed by atoms with Crippen LogP contribution < -0.4 is 0 Å². The van der Waals surface area contributed by atoms with Gasteiger partial charge in [-0.05, 0) is 0 Å². The van der Waals surface area contributed by atoms with E-state index in [2.05, 4.69) is 0 Å². The Balaban J connectivity index is -0.00000000800. The van der Waals surface area contributed by atoms with Crippen LogP contribution in [0.25, 0.3) is 0 Å². The third-order valence-corrected chi connectivity index (χ3v) is 0. The van der Waals surface area contributed by atoms with Crippen molar-refractivity contribution in [2.45, 2.75) is 0 Å². The SMILES string of the molecule is Cl.O.O=P(O)(O)O.[Ca+2].[H-].[H-]. The first-order valence-corrected chi connectivity index (χ1v) is 2.35. The molecular formula is H8CaClO5P. The van der Waals surface area contributed by atoms with E-state index in [9.17, 15) is 0 Å². The predicted octanol–water partition coefficient (Wildman–Crippen LogP) is -1.49. The summed E-state index contributed by atoms with van der Waals surface area (Å²) >= 11 is 0. The Morgan fingerprint density at radius 3 is 1.25 bits per heavy atom. The van der Waals surface area contributed by atoms with Gasteiger partial charge in [-0.2, -0.15) is 0 Å². The summed E-state index contributed by atoms with van der Waals surface area (Å²) < 4.78 is 8.88. The van der Waals surface area contributed by atoms with Gasteiger partial charge in [-0.15, -0.1) is 12.4 Å². The van der Waals surface area contributed by atoms with E-state index in [1.807, 2.05) is 0 Å². The zero-order valence-corrected chi connectivity index (χ0v) is 7.73. The quantitative estimate of drug-likeness (QED) is 0.322. The second-order valence-electron chi connectivity index (χ2n) is 0.513. The average Bonchev–Trinajstić information content (AvgIpc) is 0.722. The largest absolute Gasteiger partial charge is 2.00 e. The molecule has 8 heavy (non-hydrogen) atoms. The van der Waals surface area contributed by atoms with Crippen LogP contribution in [0.3, 0.4) is 0 Å². The predicted molar refractivity (Wildman–Crippen MR) is 33.1 cm³/mol. The van der Waals surface area contributed by atoms with Crippen LogP contribution in [0.4, 0.5) is 0 Å². The van der Waals surface area contributed by atoms with Gasteiger partial charge in [0.2, 0.25) is 0 Å². The van der Waals surface area contributed by atoms with Gasteiger partial charge < -0.3 is 23.0 Å². The van der Waals surface area contributed by atoms with Crippen LogP contribution in [0, 0.1) is 0 Å². The molecule has 0 aromatic carbocycles. The molecule has 0 aromatic rings. The van der Waals surface area contributed by atoms with Crippen LogP contribution in [-0.2, 0) is 4.57 Å². The van der Waals surface area contributed by atoms with Crippen LogP contribution in [0.5, 0.6) is 0 Å². The molecule has 52 valence electrons. The second kappa shape index (κ2) is 8.62. The molecule has 0 bridgehead atoms. The second-order valence-corrected chi connectivity index (χ2v) is 1.54. The van der Waals surface area contributed by atoms with Crippen molar-refractivity contribution < 1.29 is 27.6 Å². The van der Waals surface area contributed by atoms with Gasteiger partial charge in [0, 0.05) is 0 Å². The molecule has 0 aliphatic heterocycles. The monoisotopic (exact) mass is 194 g/mol. The Kier molecular flexibility index (Phi) is 24.4. The molecule has 0 saturated carbocycles. The molecule has 0 heterocycles. The Hall–Kier alpha value is 1.62. The maximum absolute atomic E-state index is 8.88. The van der Waals surface area contributed by atoms with Gasteiger partial charge in [-0.1, -0.05) is 0 Å². The summed E-state index contributed by atoms with van der Waals surface area (Å²) in [6, 6.07) is 0. The first-order valence-electron chi connectivity index (χ1n) is 0.783. The molecule has 0 amide bonds. The molecule has 0 aromatic heterocycles. The van der Waals surface area contributed by atoms with Crippen LogP contribution in [0.15, 0.2) is 0 Å². The van der Waals surface area contributed by atoms with E-state index in [0.717, 1.165) is 0 Å². The van der Waals surface area contributed by atoms with Crippen molar-refractivity contribution in [3.8, 4) is 0 Å². The Morgan fingerprint density at radius 1 is 1.25 bits per heavy atom. The molecule has 0 radical (unpaired) electrons. The Morgan fingerprint density at radius 2 is 1.25 bits per heavy atom. The van der Waals surface area contributed by atoms with Crippen LogP contribution in [0.2, 0.25) is 0 Å². The van der Waals surface area contributed by atoms with Gasteiger partial charge in [0.15, 0.2) is 0 Å². The minimum Gasteiger partial charge on any atom is -1.00 e. The van der Waals surface area contributed by atoms with Gasteiger partial charge in [-0.3, -0.25) is 0 Å². The molecule has 0 rings (SSSR count). The fraction of sp³-hybridized carbons (Fsp3) is 0. The fourth-order valence-corrected chi connectivity index (χ4v) is 0. The van der Waals surface area contributed by atoms with Crippen molar-refractivity contribution >= 4 is 58.0 Å². The van der Waals surface area contributed by atoms with E-state index < -0.39 is 7.82 Å². The van der Waals surface area contributed by atoms with E-state index in [-0.39, 0.29) is 58.5 Å². The summed E-state index contributed by atoms with van der Waals surface area (Å²) in [6.45, 7) is 0. The molecule has 0 fully saturated rings. The summed E-state index contributed by atoms with van der Waals surface area (Å²) in [6.07, 6.45) is 0. The van der Waals surface area contributed by atoms with Crippen LogP contribution >= 0.6 is 20.2 Å².